The fourth-order valence-electron chi connectivity index (χ4n) is 4.05. The summed E-state index contributed by atoms with van der Waals surface area (Å²) in [6.45, 7) is 3.50. The van der Waals surface area contributed by atoms with E-state index in [1.54, 1.807) is 26.8 Å². The normalized spacial score (nSPS) is 21.2. The molecular weight excluding hydrogens is 376 g/mol. The summed E-state index contributed by atoms with van der Waals surface area (Å²) in [6, 6.07) is 5.23. The number of carbonyl (C=O) groups excluding carboxylic acids is 3. The first kappa shape index (κ1) is 18.1. The van der Waals surface area contributed by atoms with E-state index in [9.17, 15) is 14.4 Å². The van der Waals surface area contributed by atoms with Crippen LogP contribution in [0.1, 0.15) is 12.8 Å². The Balaban J connectivity index is 1.16. The largest absolute Gasteiger partial charge is 0.454 e. The summed E-state index contributed by atoms with van der Waals surface area (Å²) < 4.78 is 10.7. The molecule has 29 heavy (non-hydrogen) atoms. The summed E-state index contributed by atoms with van der Waals surface area (Å²) in [6.07, 6.45) is 1.99. The number of benzene rings is 1. The number of rotatable bonds is 4. The first-order valence-corrected chi connectivity index (χ1v) is 10.1. The topological polar surface area (TPSA) is 82.6 Å². The van der Waals surface area contributed by atoms with Crippen molar-refractivity contribution in [2.75, 3.05) is 57.5 Å². The molecule has 3 heterocycles. The highest BCUT2D eigenvalue weighted by molar-refractivity contribution is 5.96. The van der Waals surface area contributed by atoms with Crippen molar-refractivity contribution in [2.45, 2.75) is 12.8 Å². The average Bonchev–Trinajstić information content (AvgIpc) is 3.39. The summed E-state index contributed by atoms with van der Waals surface area (Å²) in [5.74, 6) is 1.67. The zero-order chi connectivity index (χ0) is 20.0. The molecule has 4 aliphatic rings. The number of hydrogen-bond donors (Lipinski definition) is 0. The molecule has 0 unspecified atom stereocenters. The van der Waals surface area contributed by atoms with Crippen molar-refractivity contribution in [1.29, 1.82) is 0 Å². The third-order valence-electron chi connectivity index (χ3n) is 5.96. The van der Waals surface area contributed by atoms with Crippen LogP contribution < -0.4 is 14.4 Å². The number of fused-ring (bicyclic) bond motifs is 1. The zero-order valence-electron chi connectivity index (χ0n) is 16.2. The van der Waals surface area contributed by atoms with E-state index in [4.69, 9.17) is 9.47 Å². The molecule has 4 amide bonds. The highest BCUT2D eigenvalue weighted by Crippen LogP contribution is 2.36. The number of hydrogen-bond acceptors (Lipinski definition) is 5. The van der Waals surface area contributed by atoms with E-state index in [1.807, 2.05) is 11.0 Å². The number of anilines is 1. The SMILES string of the molecule is O=C(CN1CCN(c2ccc3c(c2)OCO3)C1=O)N1CCN(C(=O)C2CC2)CC1. The molecule has 154 valence electrons. The third-order valence-corrected chi connectivity index (χ3v) is 5.96. The Hall–Kier alpha value is -2.97. The van der Waals surface area contributed by atoms with Gasteiger partial charge >= 0.3 is 6.03 Å². The van der Waals surface area contributed by atoms with E-state index in [0.29, 0.717) is 50.8 Å². The third kappa shape index (κ3) is 3.45. The zero-order valence-corrected chi connectivity index (χ0v) is 16.2. The molecule has 0 spiro atoms. The van der Waals surface area contributed by atoms with Crippen LogP contribution in [0.15, 0.2) is 18.2 Å². The lowest BCUT2D eigenvalue weighted by atomic mass is 10.2. The van der Waals surface area contributed by atoms with Gasteiger partial charge in [-0.3, -0.25) is 14.5 Å². The van der Waals surface area contributed by atoms with Crippen LogP contribution in [-0.2, 0) is 9.59 Å². The van der Waals surface area contributed by atoms with Gasteiger partial charge in [-0.15, -0.1) is 0 Å². The number of carbonyl (C=O) groups is 3. The molecular formula is C20H24N4O5. The maximum Gasteiger partial charge on any atom is 0.325 e. The van der Waals surface area contributed by atoms with Crippen LogP contribution in [0.25, 0.3) is 0 Å². The molecule has 5 rings (SSSR count). The van der Waals surface area contributed by atoms with Crippen molar-refractivity contribution in [1.82, 2.24) is 14.7 Å². The van der Waals surface area contributed by atoms with Crippen LogP contribution in [0.5, 0.6) is 11.5 Å². The summed E-state index contributed by atoms with van der Waals surface area (Å²) >= 11 is 0. The number of nitrogens with zero attached hydrogens (tertiary/aromatic N) is 4. The molecule has 1 aliphatic carbocycles. The van der Waals surface area contributed by atoms with Gasteiger partial charge in [0.2, 0.25) is 18.6 Å². The van der Waals surface area contributed by atoms with Gasteiger partial charge in [0, 0.05) is 56.9 Å². The number of ether oxygens (including phenoxy) is 2. The van der Waals surface area contributed by atoms with Gasteiger partial charge in [-0.05, 0) is 25.0 Å². The second kappa shape index (κ2) is 7.13. The molecule has 0 aromatic heterocycles. The van der Waals surface area contributed by atoms with Crippen LogP contribution in [0.4, 0.5) is 10.5 Å². The smallest absolute Gasteiger partial charge is 0.325 e. The Bertz CT molecular complexity index is 847. The van der Waals surface area contributed by atoms with Gasteiger partial charge in [0.05, 0.1) is 0 Å². The first-order valence-electron chi connectivity index (χ1n) is 10.1. The molecule has 9 nitrogen and oxygen atoms in total. The number of piperazine rings is 1. The predicted octanol–water partition coefficient (Wildman–Crippen LogP) is 0.738. The van der Waals surface area contributed by atoms with E-state index in [2.05, 4.69) is 0 Å². The lowest BCUT2D eigenvalue weighted by molar-refractivity contribution is -0.140. The summed E-state index contributed by atoms with van der Waals surface area (Å²) in [5.41, 5.74) is 0.737. The fourth-order valence-corrected chi connectivity index (χ4v) is 4.05. The molecule has 1 aromatic carbocycles. The van der Waals surface area contributed by atoms with Crippen molar-refractivity contribution in [2.24, 2.45) is 5.92 Å². The molecule has 2 saturated heterocycles. The van der Waals surface area contributed by atoms with Crippen molar-refractivity contribution < 1.29 is 23.9 Å². The Morgan fingerprint density at radius 2 is 1.66 bits per heavy atom. The van der Waals surface area contributed by atoms with Crippen LogP contribution in [0.2, 0.25) is 0 Å². The minimum Gasteiger partial charge on any atom is -0.454 e. The van der Waals surface area contributed by atoms with Gasteiger partial charge in [0.1, 0.15) is 6.54 Å². The Morgan fingerprint density at radius 3 is 2.41 bits per heavy atom. The minimum absolute atomic E-state index is 0.0654. The summed E-state index contributed by atoms with van der Waals surface area (Å²) in [4.78, 5) is 44.5. The van der Waals surface area contributed by atoms with E-state index in [-0.39, 0.29) is 37.1 Å². The van der Waals surface area contributed by atoms with Crippen molar-refractivity contribution >= 4 is 23.5 Å². The molecule has 9 heteroatoms. The van der Waals surface area contributed by atoms with E-state index in [0.717, 1.165) is 18.5 Å². The standard InChI is InChI=1S/C20H24N4O5/c25-18(21-5-7-22(8-6-21)19(26)14-1-2-14)12-23-9-10-24(20(23)27)15-3-4-16-17(11-15)29-13-28-16/h3-4,11,14H,1-2,5-10,12-13H2. The Labute approximate surface area is 168 Å². The first-order chi connectivity index (χ1) is 14.1. The van der Waals surface area contributed by atoms with Gasteiger partial charge in [-0.2, -0.15) is 0 Å². The van der Waals surface area contributed by atoms with Crippen LogP contribution in [0.3, 0.4) is 0 Å². The second-order valence-corrected chi connectivity index (χ2v) is 7.87. The van der Waals surface area contributed by atoms with Crippen molar-refractivity contribution in [3.63, 3.8) is 0 Å². The van der Waals surface area contributed by atoms with E-state index in [1.165, 1.54) is 0 Å². The van der Waals surface area contributed by atoms with Gasteiger partial charge in [-0.25, -0.2) is 4.79 Å². The van der Waals surface area contributed by atoms with E-state index < -0.39 is 0 Å². The van der Waals surface area contributed by atoms with Crippen LogP contribution >= 0.6 is 0 Å². The van der Waals surface area contributed by atoms with Gasteiger partial charge in [0.15, 0.2) is 11.5 Å². The lowest BCUT2D eigenvalue weighted by Crippen LogP contribution is -2.53. The molecule has 0 bridgehead atoms. The highest BCUT2D eigenvalue weighted by atomic mass is 16.7. The summed E-state index contributed by atoms with van der Waals surface area (Å²) in [7, 11) is 0. The monoisotopic (exact) mass is 400 g/mol. The number of amides is 4. The van der Waals surface area contributed by atoms with Crippen LogP contribution in [-0.4, -0.2) is 85.2 Å². The molecule has 1 aromatic rings. The molecule has 3 aliphatic heterocycles. The fraction of sp³-hybridized carbons (Fsp3) is 0.550. The maximum absolute atomic E-state index is 12.8. The number of urea groups is 1. The molecule has 0 radical (unpaired) electrons. The minimum atomic E-state index is -0.181. The van der Waals surface area contributed by atoms with Crippen LogP contribution in [0, 0.1) is 5.92 Å². The molecule has 0 N–H and O–H groups in total. The Kier molecular flexibility index (Phi) is 4.44. The second-order valence-electron chi connectivity index (χ2n) is 7.87. The highest BCUT2D eigenvalue weighted by Gasteiger charge is 2.36. The Morgan fingerprint density at radius 1 is 0.931 bits per heavy atom. The van der Waals surface area contributed by atoms with Gasteiger partial charge in [0.25, 0.3) is 0 Å². The summed E-state index contributed by atoms with van der Waals surface area (Å²) in [5, 5.41) is 0. The average molecular weight is 400 g/mol. The van der Waals surface area contributed by atoms with Crippen molar-refractivity contribution in [3.05, 3.63) is 18.2 Å². The van der Waals surface area contributed by atoms with Gasteiger partial charge in [-0.1, -0.05) is 0 Å². The predicted molar refractivity (Wildman–Crippen MR) is 103 cm³/mol. The van der Waals surface area contributed by atoms with E-state index >= 15 is 0 Å². The van der Waals surface area contributed by atoms with Crippen molar-refractivity contribution in [3.8, 4) is 11.5 Å². The maximum atomic E-state index is 12.8. The molecule has 1 saturated carbocycles. The quantitative estimate of drug-likeness (QED) is 0.745. The van der Waals surface area contributed by atoms with Gasteiger partial charge < -0.3 is 24.2 Å². The molecule has 0 atom stereocenters. The molecule has 3 fully saturated rings. The lowest BCUT2D eigenvalue weighted by Gasteiger charge is -2.35.